The molecular weight excluding hydrogens is 282 g/mol. The quantitative estimate of drug-likeness (QED) is 0.812. The molecule has 2 aromatic rings. The molecule has 6 heteroatoms. The topological polar surface area (TPSA) is 44.8 Å². The highest BCUT2D eigenvalue weighted by molar-refractivity contribution is 5.81. The standard InChI is InChI=1S/C15H10F2O4/c16-11-1-9(2-12(17)4-11)7-19-13-5-15-14(20-8-21-15)3-10(13)6-18/h1-6H,7-8H2. The highest BCUT2D eigenvalue weighted by Crippen LogP contribution is 2.37. The van der Waals surface area contributed by atoms with Gasteiger partial charge in [-0.3, -0.25) is 4.79 Å². The molecule has 0 saturated carbocycles. The van der Waals surface area contributed by atoms with Crippen molar-refractivity contribution in [3.05, 3.63) is 53.1 Å². The van der Waals surface area contributed by atoms with Crippen LogP contribution in [0.3, 0.4) is 0 Å². The van der Waals surface area contributed by atoms with E-state index in [1.54, 1.807) is 0 Å². The van der Waals surface area contributed by atoms with Gasteiger partial charge in [0.2, 0.25) is 6.79 Å². The van der Waals surface area contributed by atoms with E-state index < -0.39 is 11.6 Å². The normalized spacial score (nSPS) is 12.3. The minimum Gasteiger partial charge on any atom is -0.488 e. The zero-order valence-corrected chi connectivity index (χ0v) is 10.8. The second kappa shape index (κ2) is 5.40. The smallest absolute Gasteiger partial charge is 0.231 e. The van der Waals surface area contributed by atoms with Crippen LogP contribution in [0.1, 0.15) is 15.9 Å². The van der Waals surface area contributed by atoms with Gasteiger partial charge >= 0.3 is 0 Å². The summed E-state index contributed by atoms with van der Waals surface area (Å²) < 4.78 is 42.0. The number of carbonyl (C=O) groups is 1. The van der Waals surface area contributed by atoms with Crippen molar-refractivity contribution in [1.29, 1.82) is 0 Å². The Labute approximate surface area is 118 Å². The predicted molar refractivity (Wildman–Crippen MR) is 68.6 cm³/mol. The number of fused-ring (bicyclic) bond motifs is 1. The molecule has 1 aliphatic heterocycles. The summed E-state index contributed by atoms with van der Waals surface area (Å²) in [5.74, 6) is -0.189. The average Bonchev–Trinajstić information content (AvgIpc) is 2.90. The van der Waals surface area contributed by atoms with Crippen molar-refractivity contribution < 1.29 is 27.8 Å². The summed E-state index contributed by atoms with van der Waals surface area (Å²) in [5, 5.41) is 0. The Morgan fingerprint density at radius 1 is 1.05 bits per heavy atom. The first-order valence-corrected chi connectivity index (χ1v) is 6.12. The molecule has 4 nitrogen and oxygen atoms in total. The Kier molecular flexibility index (Phi) is 3.43. The third-order valence-corrected chi connectivity index (χ3v) is 2.95. The molecule has 0 N–H and O–H groups in total. The molecule has 0 spiro atoms. The molecule has 0 atom stereocenters. The van der Waals surface area contributed by atoms with Crippen molar-refractivity contribution in [3.8, 4) is 17.2 Å². The van der Waals surface area contributed by atoms with Gasteiger partial charge in [0, 0.05) is 12.1 Å². The van der Waals surface area contributed by atoms with Crippen LogP contribution in [0.25, 0.3) is 0 Å². The van der Waals surface area contributed by atoms with Crippen LogP contribution in [0.15, 0.2) is 30.3 Å². The van der Waals surface area contributed by atoms with Crippen LogP contribution in [0.5, 0.6) is 17.2 Å². The minimum atomic E-state index is -0.685. The van der Waals surface area contributed by atoms with Crippen LogP contribution in [0, 0.1) is 11.6 Å². The molecule has 21 heavy (non-hydrogen) atoms. The van der Waals surface area contributed by atoms with Gasteiger partial charge in [-0.25, -0.2) is 8.78 Å². The van der Waals surface area contributed by atoms with E-state index in [2.05, 4.69) is 0 Å². The maximum Gasteiger partial charge on any atom is 0.231 e. The second-order valence-electron chi connectivity index (χ2n) is 4.43. The summed E-state index contributed by atoms with van der Waals surface area (Å²) >= 11 is 0. The Bertz CT molecular complexity index is 680. The van der Waals surface area contributed by atoms with Gasteiger partial charge in [-0.05, 0) is 23.8 Å². The first-order valence-electron chi connectivity index (χ1n) is 6.12. The van der Waals surface area contributed by atoms with Crippen molar-refractivity contribution in [3.63, 3.8) is 0 Å². The fourth-order valence-corrected chi connectivity index (χ4v) is 2.01. The fourth-order valence-electron chi connectivity index (χ4n) is 2.01. The van der Waals surface area contributed by atoms with Crippen molar-refractivity contribution in [2.75, 3.05) is 6.79 Å². The summed E-state index contributed by atoms with van der Waals surface area (Å²) in [7, 11) is 0. The number of halogens is 2. The van der Waals surface area contributed by atoms with Gasteiger partial charge in [0.05, 0.1) is 5.56 Å². The number of carbonyl (C=O) groups excluding carboxylic acids is 1. The minimum absolute atomic E-state index is 0.0742. The molecule has 0 aromatic heterocycles. The summed E-state index contributed by atoms with van der Waals surface area (Å²) in [6.45, 7) is 0.00134. The second-order valence-corrected chi connectivity index (χ2v) is 4.43. The zero-order valence-electron chi connectivity index (χ0n) is 10.8. The van der Waals surface area contributed by atoms with E-state index in [0.717, 1.165) is 18.2 Å². The van der Waals surface area contributed by atoms with Crippen LogP contribution < -0.4 is 14.2 Å². The number of rotatable bonds is 4. The van der Waals surface area contributed by atoms with E-state index in [4.69, 9.17) is 14.2 Å². The van der Waals surface area contributed by atoms with Crippen molar-refractivity contribution in [1.82, 2.24) is 0 Å². The zero-order chi connectivity index (χ0) is 14.8. The molecule has 1 aliphatic rings. The highest BCUT2D eigenvalue weighted by atomic mass is 19.1. The molecule has 0 radical (unpaired) electrons. The number of ether oxygens (including phenoxy) is 3. The molecule has 0 amide bonds. The maximum absolute atomic E-state index is 13.1. The third-order valence-electron chi connectivity index (χ3n) is 2.95. The van der Waals surface area contributed by atoms with Crippen LogP contribution in [-0.4, -0.2) is 13.1 Å². The first-order chi connectivity index (χ1) is 10.2. The molecule has 0 fully saturated rings. The largest absolute Gasteiger partial charge is 0.488 e. The Morgan fingerprint density at radius 3 is 2.38 bits per heavy atom. The van der Waals surface area contributed by atoms with Crippen LogP contribution in [0.4, 0.5) is 8.78 Å². The lowest BCUT2D eigenvalue weighted by Gasteiger charge is -2.10. The van der Waals surface area contributed by atoms with E-state index in [0.29, 0.717) is 23.3 Å². The lowest BCUT2D eigenvalue weighted by atomic mass is 10.2. The van der Waals surface area contributed by atoms with Crippen molar-refractivity contribution >= 4 is 6.29 Å². The molecule has 2 aromatic carbocycles. The molecule has 108 valence electrons. The molecule has 0 bridgehead atoms. The molecule has 1 heterocycles. The van der Waals surface area contributed by atoms with Crippen LogP contribution in [0.2, 0.25) is 0 Å². The van der Waals surface area contributed by atoms with Crippen molar-refractivity contribution in [2.45, 2.75) is 6.61 Å². The van der Waals surface area contributed by atoms with Gasteiger partial charge in [0.15, 0.2) is 17.8 Å². The number of hydrogen-bond acceptors (Lipinski definition) is 4. The van der Waals surface area contributed by atoms with Gasteiger partial charge in [-0.2, -0.15) is 0 Å². The summed E-state index contributed by atoms with van der Waals surface area (Å²) in [5.41, 5.74) is 0.596. The molecular formula is C15H10F2O4. The Hall–Kier alpha value is -2.63. The van der Waals surface area contributed by atoms with Gasteiger partial charge in [0.25, 0.3) is 0 Å². The lowest BCUT2D eigenvalue weighted by Crippen LogP contribution is -1.99. The lowest BCUT2D eigenvalue weighted by molar-refractivity contribution is 0.111. The van der Waals surface area contributed by atoms with E-state index in [-0.39, 0.29) is 24.7 Å². The Balaban J connectivity index is 1.83. The van der Waals surface area contributed by atoms with Gasteiger partial charge in [0.1, 0.15) is 24.0 Å². The van der Waals surface area contributed by atoms with Gasteiger partial charge in [-0.15, -0.1) is 0 Å². The van der Waals surface area contributed by atoms with E-state index in [1.807, 2.05) is 0 Å². The number of hydrogen-bond donors (Lipinski definition) is 0. The first kappa shape index (κ1) is 13.4. The summed E-state index contributed by atoms with van der Waals surface area (Å²) in [4.78, 5) is 11.1. The third kappa shape index (κ3) is 2.79. The number of aldehydes is 1. The van der Waals surface area contributed by atoms with Crippen molar-refractivity contribution in [2.24, 2.45) is 0 Å². The summed E-state index contributed by atoms with van der Waals surface area (Å²) in [6.07, 6.45) is 0.615. The molecule has 3 rings (SSSR count). The highest BCUT2D eigenvalue weighted by Gasteiger charge is 2.18. The fraction of sp³-hybridized carbons (Fsp3) is 0.133. The Morgan fingerprint density at radius 2 is 1.71 bits per heavy atom. The van der Waals surface area contributed by atoms with E-state index in [1.165, 1.54) is 12.1 Å². The SMILES string of the molecule is O=Cc1cc2c(cc1OCc1cc(F)cc(F)c1)OCO2. The maximum atomic E-state index is 13.1. The van der Waals surface area contributed by atoms with Crippen LogP contribution in [-0.2, 0) is 6.61 Å². The van der Waals surface area contributed by atoms with Crippen LogP contribution >= 0.6 is 0 Å². The average molecular weight is 292 g/mol. The summed E-state index contributed by atoms with van der Waals surface area (Å²) in [6, 6.07) is 6.12. The van der Waals surface area contributed by atoms with Gasteiger partial charge < -0.3 is 14.2 Å². The monoisotopic (exact) mass is 292 g/mol. The number of benzene rings is 2. The van der Waals surface area contributed by atoms with E-state index >= 15 is 0 Å². The molecule has 0 unspecified atom stereocenters. The molecule has 0 saturated heterocycles. The van der Waals surface area contributed by atoms with E-state index in [9.17, 15) is 13.6 Å². The predicted octanol–water partition coefficient (Wildman–Crippen LogP) is 3.09. The van der Waals surface area contributed by atoms with Gasteiger partial charge in [-0.1, -0.05) is 0 Å². The molecule has 0 aliphatic carbocycles.